The van der Waals surface area contributed by atoms with E-state index in [-0.39, 0.29) is 24.9 Å². The van der Waals surface area contributed by atoms with Crippen LogP contribution in [0.5, 0.6) is 0 Å². The van der Waals surface area contributed by atoms with Gasteiger partial charge in [0.1, 0.15) is 12.3 Å². The van der Waals surface area contributed by atoms with Gasteiger partial charge < -0.3 is 10.0 Å². The van der Waals surface area contributed by atoms with E-state index in [0.29, 0.717) is 6.42 Å². The van der Waals surface area contributed by atoms with Gasteiger partial charge in [-0.05, 0) is 5.92 Å². The Morgan fingerprint density at radius 1 is 1.62 bits per heavy atom. The van der Waals surface area contributed by atoms with Gasteiger partial charge in [0.2, 0.25) is 5.91 Å². The minimum absolute atomic E-state index is 0.0483. The second kappa shape index (κ2) is 4.05. The van der Waals surface area contributed by atoms with Crippen molar-refractivity contribution in [3.8, 4) is 0 Å². The average molecular weight is 189 g/mol. The first-order valence-corrected chi connectivity index (χ1v) is 4.60. The zero-order valence-corrected chi connectivity index (χ0v) is 8.03. The number of carbonyl (C=O) groups excluding carboxylic acids is 1. The Hall–Kier alpha value is -0.640. The molecule has 0 saturated carbocycles. The maximum Gasteiger partial charge on any atom is 0.223 e. The molecule has 3 nitrogen and oxygen atoms in total. The molecule has 0 aromatic carbocycles. The largest absolute Gasteiger partial charge is 0.388 e. The van der Waals surface area contributed by atoms with Crippen LogP contribution in [0.25, 0.3) is 0 Å². The van der Waals surface area contributed by atoms with E-state index in [0.717, 1.165) is 0 Å². The fraction of sp³-hybridized carbons (Fsp3) is 0.889. The van der Waals surface area contributed by atoms with Crippen molar-refractivity contribution < 1.29 is 14.3 Å². The lowest BCUT2D eigenvalue weighted by molar-refractivity contribution is -0.131. The Bertz CT molecular complexity index is 186. The Morgan fingerprint density at radius 3 is 2.62 bits per heavy atom. The fourth-order valence-electron chi connectivity index (χ4n) is 1.43. The molecule has 0 spiro atoms. The molecule has 4 heteroatoms. The van der Waals surface area contributed by atoms with E-state index in [1.807, 2.05) is 13.8 Å². The summed E-state index contributed by atoms with van der Waals surface area (Å²) in [6.07, 6.45) is -1.83. The van der Waals surface area contributed by atoms with E-state index >= 15 is 0 Å². The Morgan fingerprint density at radius 2 is 2.23 bits per heavy atom. The SMILES string of the molecule is CC(C)CC(=O)N1C[C@@H](O)[C@H](F)C1. The summed E-state index contributed by atoms with van der Waals surface area (Å²) in [5.74, 6) is 0.220. The predicted octanol–water partition coefficient (Wildman–Crippen LogP) is 0.574. The van der Waals surface area contributed by atoms with E-state index in [1.165, 1.54) is 4.90 Å². The van der Waals surface area contributed by atoms with Gasteiger partial charge in [-0.25, -0.2) is 4.39 Å². The van der Waals surface area contributed by atoms with Gasteiger partial charge in [0.15, 0.2) is 0 Å². The number of hydrogen-bond acceptors (Lipinski definition) is 2. The molecule has 1 aliphatic rings. The highest BCUT2D eigenvalue weighted by atomic mass is 19.1. The topological polar surface area (TPSA) is 40.5 Å². The highest BCUT2D eigenvalue weighted by Crippen LogP contribution is 2.15. The molecule has 0 radical (unpaired) electrons. The van der Waals surface area contributed by atoms with Crippen LogP contribution >= 0.6 is 0 Å². The van der Waals surface area contributed by atoms with Gasteiger partial charge in [0, 0.05) is 13.0 Å². The maximum atomic E-state index is 12.8. The van der Waals surface area contributed by atoms with Crippen molar-refractivity contribution in [3.05, 3.63) is 0 Å². The van der Waals surface area contributed by atoms with E-state index in [1.54, 1.807) is 0 Å². The molecule has 0 bridgehead atoms. The van der Waals surface area contributed by atoms with Crippen molar-refractivity contribution in [2.24, 2.45) is 5.92 Å². The molecule has 1 rings (SSSR count). The quantitative estimate of drug-likeness (QED) is 0.690. The second-order valence-corrected chi connectivity index (χ2v) is 3.98. The molecule has 2 atom stereocenters. The van der Waals surface area contributed by atoms with Gasteiger partial charge in [0.05, 0.1) is 6.54 Å². The smallest absolute Gasteiger partial charge is 0.223 e. The summed E-state index contributed by atoms with van der Waals surface area (Å²) in [6.45, 7) is 4.08. The van der Waals surface area contributed by atoms with Crippen molar-refractivity contribution in [1.29, 1.82) is 0 Å². The molecule has 0 aromatic rings. The number of aliphatic hydroxyl groups excluding tert-OH is 1. The number of likely N-dealkylation sites (tertiary alicyclic amines) is 1. The zero-order valence-electron chi connectivity index (χ0n) is 8.03. The molecule has 1 saturated heterocycles. The number of amides is 1. The van der Waals surface area contributed by atoms with Crippen LogP contribution in [-0.2, 0) is 4.79 Å². The summed E-state index contributed by atoms with van der Waals surface area (Å²) < 4.78 is 12.8. The van der Waals surface area contributed by atoms with Crippen LogP contribution in [0, 0.1) is 5.92 Å². The molecule has 1 aliphatic heterocycles. The third-order valence-electron chi connectivity index (χ3n) is 2.16. The number of β-amino-alcohol motifs (C(OH)–C–C–N with tert-alkyl or cyclic N) is 1. The molecule has 1 fully saturated rings. The number of nitrogens with zero attached hydrogens (tertiary/aromatic N) is 1. The van der Waals surface area contributed by atoms with Crippen LogP contribution in [0.1, 0.15) is 20.3 Å². The number of alkyl halides is 1. The summed E-state index contributed by atoms with van der Waals surface area (Å²) >= 11 is 0. The first-order chi connectivity index (χ1) is 6.00. The molecular weight excluding hydrogens is 173 g/mol. The lowest BCUT2D eigenvalue weighted by Gasteiger charge is -2.16. The van der Waals surface area contributed by atoms with Crippen LogP contribution in [0.3, 0.4) is 0 Å². The first kappa shape index (κ1) is 10.4. The molecule has 1 amide bonds. The van der Waals surface area contributed by atoms with Crippen LogP contribution < -0.4 is 0 Å². The lowest BCUT2D eigenvalue weighted by atomic mass is 10.1. The summed E-state index contributed by atoms with van der Waals surface area (Å²) in [6, 6.07) is 0. The van der Waals surface area contributed by atoms with Gasteiger partial charge >= 0.3 is 0 Å². The molecule has 1 N–H and O–H groups in total. The third kappa shape index (κ3) is 2.66. The number of halogens is 1. The normalized spacial score (nSPS) is 28.5. The van der Waals surface area contributed by atoms with Crippen molar-refractivity contribution in [2.75, 3.05) is 13.1 Å². The molecule has 0 unspecified atom stereocenters. The van der Waals surface area contributed by atoms with Crippen LogP contribution in [0.2, 0.25) is 0 Å². The molecule has 76 valence electrons. The lowest BCUT2D eigenvalue weighted by Crippen LogP contribution is -2.30. The van der Waals surface area contributed by atoms with E-state index in [4.69, 9.17) is 5.11 Å². The Labute approximate surface area is 77.5 Å². The van der Waals surface area contributed by atoms with Crippen LogP contribution in [0.15, 0.2) is 0 Å². The molecule has 1 heterocycles. The number of aliphatic hydroxyl groups is 1. The van der Waals surface area contributed by atoms with Crippen molar-refractivity contribution in [2.45, 2.75) is 32.5 Å². The first-order valence-electron chi connectivity index (χ1n) is 4.60. The highest BCUT2D eigenvalue weighted by molar-refractivity contribution is 5.76. The second-order valence-electron chi connectivity index (χ2n) is 3.98. The molecule has 0 aromatic heterocycles. The van der Waals surface area contributed by atoms with Gasteiger partial charge in [-0.1, -0.05) is 13.8 Å². The van der Waals surface area contributed by atoms with Gasteiger partial charge in [-0.15, -0.1) is 0 Å². The summed E-state index contributed by atoms with van der Waals surface area (Å²) in [5.41, 5.74) is 0. The predicted molar refractivity (Wildman–Crippen MR) is 46.9 cm³/mol. The number of carbonyl (C=O) groups is 1. The summed E-state index contributed by atoms with van der Waals surface area (Å²) in [4.78, 5) is 12.8. The minimum atomic E-state index is -1.27. The molecule has 13 heavy (non-hydrogen) atoms. The summed E-state index contributed by atoms with van der Waals surface area (Å²) in [5, 5.41) is 9.08. The zero-order chi connectivity index (χ0) is 10.0. The van der Waals surface area contributed by atoms with E-state index in [2.05, 4.69) is 0 Å². The summed E-state index contributed by atoms with van der Waals surface area (Å²) in [7, 11) is 0. The molecular formula is C9H16FNO2. The Balaban J connectivity index is 2.42. The van der Waals surface area contributed by atoms with E-state index in [9.17, 15) is 9.18 Å². The standard InChI is InChI=1S/C9H16FNO2/c1-6(2)3-9(13)11-4-7(10)8(12)5-11/h6-8,12H,3-5H2,1-2H3/t7-,8-/m1/s1. The highest BCUT2D eigenvalue weighted by Gasteiger charge is 2.33. The fourth-order valence-corrected chi connectivity index (χ4v) is 1.43. The van der Waals surface area contributed by atoms with Gasteiger partial charge in [0.25, 0.3) is 0 Å². The Kier molecular flexibility index (Phi) is 3.25. The van der Waals surface area contributed by atoms with Crippen LogP contribution in [0.4, 0.5) is 4.39 Å². The average Bonchev–Trinajstić information content (AvgIpc) is 2.31. The van der Waals surface area contributed by atoms with Gasteiger partial charge in [-0.2, -0.15) is 0 Å². The monoisotopic (exact) mass is 189 g/mol. The van der Waals surface area contributed by atoms with Crippen LogP contribution in [-0.4, -0.2) is 41.3 Å². The minimum Gasteiger partial charge on any atom is -0.388 e. The van der Waals surface area contributed by atoms with E-state index < -0.39 is 12.3 Å². The number of hydrogen-bond donors (Lipinski definition) is 1. The molecule has 0 aliphatic carbocycles. The van der Waals surface area contributed by atoms with Crippen molar-refractivity contribution in [3.63, 3.8) is 0 Å². The van der Waals surface area contributed by atoms with Crippen molar-refractivity contribution >= 4 is 5.91 Å². The third-order valence-corrected chi connectivity index (χ3v) is 2.16. The number of rotatable bonds is 2. The van der Waals surface area contributed by atoms with Gasteiger partial charge in [-0.3, -0.25) is 4.79 Å². The maximum absolute atomic E-state index is 12.8. The van der Waals surface area contributed by atoms with Crippen molar-refractivity contribution in [1.82, 2.24) is 4.90 Å².